The zero-order valence-electron chi connectivity index (χ0n) is 10.3. The minimum atomic E-state index is 0.260. The van der Waals surface area contributed by atoms with Crippen LogP contribution in [0.1, 0.15) is 31.1 Å². The van der Waals surface area contributed by atoms with Crippen LogP contribution in [0.5, 0.6) is 0 Å². The minimum Gasteiger partial charge on any atom is -0.305 e. The normalized spacial score (nSPS) is 12.6. The first-order valence-corrected chi connectivity index (χ1v) is 5.95. The summed E-state index contributed by atoms with van der Waals surface area (Å²) in [6.07, 6.45) is 5.64. The quantitative estimate of drug-likeness (QED) is 0.855. The molecule has 0 aromatic carbocycles. The van der Waals surface area contributed by atoms with Crippen molar-refractivity contribution in [2.24, 2.45) is 0 Å². The van der Waals surface area contributed by atoms with E-state index in [1.165, 1.54) is 5.56 Å². The van der Waals surface area contributed by atoms with E-state index in [1.54, 1.807) is 0 Å². The molecule has 1 atom stereocenters. The number of rotatable bonds is 5. The fourth-order valence-electron chi connectivity index (χ4n) is 1.66. The van der Waals surface area contributed by atoms with Crippen LogP contribution < -0.4 is 5.32 Å². The Hall–Kier alpha value is -1.68. The summed E-state index contributed by atoms with van der Waals surface area (Å²) in [5.41, 5.74) is 2.32. The van der Waals surface area contributed by atoms with Crippen molar-refractivity contribution in [2.75, 3.05) is 0 Å². The Bertz CT molecular complexity index is 449. The second-order valence-electron chi connectivity index (χ2n) is 4.05. The largest absolute Gasteiger partial charge is 0.305 e. The summed E-state index contributed by atoms with van der Waals surface area (Å²) in [5.74, 6) is 0. The van der Waals surface area contributed by atoms with Gasteiger partial charge in [-0.25, -0.2) is 0 Å². The van der Waals surface area contributed by atoms with E-state index in [4.69, 9.17) is 0 Å². The van der Waals surface area contributed by atoms with E-state index in [9.17, 15) is 0 Å². The van der Waals surface area contributed by atoms with Gasteiger partial charge in [0.15, 0.2) is 0 Å². The molecule has 0 bridgehead atoms. The van der Waals surface area contributed by atoms with Crippen LogP contribution in [-0.2, 0) is 13.1 Å². The summed E-state index contributed by atoms with van der Waals surface area (Å²) in [4.78, 5) is 4.00. The van der Waals surface area contributed by atoms with E-state index < -0.39 is 0 Å². The molecule has 2 aromatic rings. The highest BCUT2D eigenvalue weighted by Crippen LogP contribution is 2.10. The number of aromatic nitrogens is 3. The smallest absolute Gasteiger partial charge is 0.0791 e. The van der Waals surface area contributed by atoms with Gasteiger partial charge in [-0.2, -0.15) is 5.10 Å². The molecular formula is C13H18N4. The van der Waals surface area contributed by atoms with Gasteiger partial charge in [-0.05, 0) is 37.6 Å². The van der Waals surface area contributed by atoms with Gasteiger partial charge in [0.25, 0.3) is 0 Å². The molecule has 1 unspecified atom stereocenters. The van der Waals surface area contributed by atoms with Gasteiger partial charge < -0.3 is 5.32 Å². The summed E-state index contributed by atoms with van der Waals surface area (Å²) in [6, 6.07) is 6.36. The van der Waals surface area contributed by atoms with Crippen LogP contribution in [0.15, 0.2) is 36.8 Å². The average molecular weight is 230 g/mol. The second kappa shape index (κ2) is 5.59. The Balaban J connectivity index is 1.91. The third kappa shape index (κ3) is 3.14. The molecule has 0 saturated heterocycles. The molecule has 90 valence electrons. The lowest BCUT2D eigenvalue weighted by Gasteiger charge is -2.11. The van der Waals surface area contributed by atoms with Gasteiger partial charge in [0, 0.05) is 37.7 Å². The van der Waals surface area contributed by atoms with Gasteiger partial charge in [0.05, 0.1) is 5.69 Å². The van der Waals surface area contributed by atoms with Crippen molar-refractivity contribution in [3.63, 3.8) is 0 Å². The van der Waals surface area contributed by atoms with Gasteiger partial charge in [-0.15, -0.1) is 0 Å². The van der Waals surface area contributed by atoms with E-state index in [0.29, 0.717) is 0 Å². The van der Waals surface area contributed by atoms with Crippen molar-refractivity contribution in [3.8, 4) is 0 Å². The maximum Gasteiger partial charge on any atom is 0.0791 e. The molecule has 0 aliphatic carbocycles. The molecule has 0 amide bonds. The predicted octanol–water partition coefficient (Wildman–Crippen LogP) is 2.15. The number of pyridine rings is 1. The average Bonchev–Trinajstić information content (AvgIpc) is 2.86. The summed E-state index contributed by atoms with van der Waals surface area (Å²) in [7, 11) is 0. The monoisotopic (exact) mass is 230 g/mol. The zero-order valence-corrected chi connectivity index (χ0v) is 10.3. The van der Waals surface area contributed by atoms with E-state index in [0.717, 1.165) is 18.8 Å². The van der Waals surface area contributed by atoms with Crippen LogP contribution in [0.4, 0.5) is 0 Å². The first kappa shape index (κ1) is 11.8. The fraction of sp³-hybridized carbons (Fsp3) is 0.385. The highest BCUT2D eigenvalue weighted by Gasteiger charge is 2.07. The topological polar surface area (TPSA) is 42.7 Å². The van der Waals surface area contributed by atoms with Crippen LogP contribution in [0.25, 0.3) is 0 Å². The predicted molar refractivity (Wildman–Crippen MR) is 67.4 cm³/mol. The molecule has 4 heteroatoms. The molecule has 1 N–H and O–H groups in total. The molecule has 4 nitrogen and oxygen atoms in total. The number of hydrogen-bond donors (Lipinski definition) is 1. The maximum atomic E-state index is 4.48. The SMILES string of the molecule is CCn1ccc(C(C)NCc2ccncc2)n1. The highest BCUT2D eigenvalue weighted by atomic mass is 15.3. The number of nitrogens with zero attached hydrogens (tertiary/aromatic N) is 3. The van der Waals surface area contributed by atoms with Gasteiger partial charge in [-0.1, -0.05) is 0 Å². The number of aryl methyl sites for hydroxylation is 1. The third-order valence-electron chi connectivity index (χ3n) is 2.79. The lowest BCUT2D eigenvalue weighted by Crippen LogP contribution is -2.18. The van der Waals surface area contributed by atoms with Crippen LogP contribution in [0.2, 0.25) is 0 Å². The molecule has 0 aliphatic heterocycles. The van der Waals surface area contributed by atoms with Crippen molar-refractivity contribution in [3.05, 3.63) is 48.0 Å². The van der Waals surface area contributed by atoms with Crippen LogP contribution in [0, 0.1) is 0 Å². The van der Waals surface area contributed by atoms with E-state index >= 15 is 0 Å². The molecule has 0 aliphatic rings. The first-order valence-electron chi connectivity index (χ1n) is 5.95. The number of nitrogens with one attached hydrogen (secondary N) is 1. The number of hydrogen-bond acceptors (Lipinski definition) is 3. The standard InChI is InChI=1S/C13H18N4/c1-3-17-9-6-13(16-17)11(2)15-10-12-4-7-14-8-5-12/h4-9,11,15H,3,10H2,1-2H3. The Morgan fingerprint density at radius 2 is 2.06 bits per heavy atom. The molecule has 2 aromatic heterocycles. The maximum absolute atomic E-state index is 4.48. The van der Waals surface area contributed by atoms with E-state index in [2.05, 4.69) is 35.3 Å². The van der Waals surface area contributed by atoms with Gasteiger partial charge in [-0.3, -0.25) is 9.67 Å². The Labute approximate surface area is 102 Å². The molecule has 0 spiro atoms. The molecule has 2 rings (SSSR count). The second-order valence-corrected chi connectivity index (χ2v) is 4.05. The third-order valence-corrected chi connectivity index (χ3v) is 2.79. The summed E-state index contributed by atoms with van der Waals surface area (Å²) in [6.45, 7) is 5.97. The van der Waals surface area contributed by atoms with Crippen molar-refractivity contribution in [1.29, 1.82) is 0 Å². The molecule has 2 heterocycles. The summed E-state index contributed by atoms with van der Waals surface area (Å²) >= 11 is 0. The summed E-state index contributed by atoms with van der Waals surface area (Å²) in [5, 5.41) is 7.93. The van der Waals surface area contributed by atoms with E-state index in [-0.39, 0.29) is 6.04 Å². The van der Waals surface area contributed by atoms with Crippen molar-refractivity contribution >= 4 is 0 Å². The fourth-order valence-corrected chi connectivity index (χ4v) is 1.66. The molecular weight excluding hydrogens is 212 g/mol. The lowest BCUT2D eigenvalue weighted by atomic mass is 10.2. The van der Waals surface area contributed by atoms with Crippen LogP contribution >= 0.6 is 0 Å². The summed E-state index contributed by atoms with van der Waals surface area (Å²) < 4.78 is 1.94. The van der Waals surface area contributed by atoms with Crippen molar-refractivity contribution < 1.29 is 0 Å². The van der Waals surface area contributed by atoms with Crippen LogP contribution in [-0.4, -0.2) is 14.8 Å². The molecule has 0 saturated carbocycles. The Morgan fingerprint density at radius 3 is 2.71 bits per heavy atom. The Kier molecular flexibility index (Phi) is 3.88. The first-order chi connectivity index (χ1) is 8.29. The zero-order chi connectivity index (χ0) is 12.1. The van der Waals surface area contributed by atoms with E-state index in [1.807, 2.05) is 35.4 Å². The molecule has 0 fully saturated rings. The van der Waals surface area contributed by atoms with Gasteiger partial charge >= 0.3 is 0 Å². The minimum absolute atomic E-state index is 0.260. The van der Waals surface area contributed by atoms with Gasteiger partial charge in [0.2, 0.25) is 0 Å². The Morgan fingerprint density at radius 1 is 1.29 bits per heavy atom. The highest BCUT2D eigenvalue weighted by molar-refractivity contribution is 5.10. The van der Waals surface area contributed by atoms with Crippen molar-refractivity contribution in [1.82, 2.24) is 20.1 Å². The molecule has 17 heavy (non-hydrogen) atoms. The van der Waals surface area contributed by atoms with Gasteiger partial charge in [0.1, 0.15) is 0 Å². The lowest BCUT2D eigenvalue weighted by molar-refractivity contribution is 0.542. The van der Waals surface area contributed by atoms with Crippen molar-refractivity contribution in [2.45, 2.75) is 33.0 Å². The molecule has 0 radical (unpaired) electrons. The van der Waals surface area contributed by atoms with Crippen LogP contribution in [0.3, 0.4) is 0 Å².